The predicted molar refractivity (Wildman–Crippen MR) is 81.7 cm³/mol. The van der Waals surface area contributed by atoms with E-state index in [1.54, 1.807) is 0 Å². The zero-order chi connectivity index (χ0) is 14.4. The molecule has 1 aromatic heterocycles. The number of benzene rings is 1. The lowest BCUT2D eigenvalue weighted by molar-refractivity contribution is 0.306. The van der Waals surface area contributed by atoms with Crippen LogP contribution in [-0.4, -0.2) is 16.8 Å². The van der Waals surface area contributed by atoms with Gasteiger partial charge in [0.25, 0.3) is 0 Å². The van der Waals surface area contributed by atoms with Crippen LogP contribution in [0.4, 0.5) is 0 Å². The lowest BCUT2D eigenvalue weighted by atomic mass is 10.1. The van der Waals surface area contributed by atoms with Gasteiger partial charge in [0.05, 0.1) is 18.0 Å². The molecule has 0 fully saturated rings. The molecular formula is C16H23N3O. The van der Waals surface area contributed by atoms with Crippen LogP contribution in [0.1, 0.15) is 37.4 Å². The highest BCUT2D eigenvalue weighted by Gasteiger charge is 2.09. The summed E-state index contributed by atoms with van der Waals surface area (Å²) in [4.78, 5) is 0. The molecule has 0 aliphatic carbocycles. The van der Waals surface area contributed by atoms with Crippen molar-refractivity contribution in [1.82, 2.24) is 10.2 Å². The molecule has 108 valence electrons. The SMILES string of the molecule is CCCCCOc1ccc(-c2n[nH]c(CN)c2C)cc1. The molecule has 0 saturated carbocycles. The van der Waals surface area contributed by atoms with Gasteiger partial charge in [-0.15, -0.1) is 0 Å². The first-order valence-corrected chi connectivity index (χ1v) is 7.23. The van der Waals surface area contributed by atoms with Crippen molar-refractivity contribution in [3.63, 3.8) is 0 Å². The quantitative estimate of drug-likeness (QED) is 0.760. The van der Waals surface area contributed by atoms with E-state index in [1.165, 1.54) is 12.8 Å². The highest BCUT2D eigenvalue weighted by atomic mass is 16.5. The largest absolute Gasteiger partial charge is 0.494 e. The molecule has 2 rings (SSSR count). The van der Waals surface area contributed by atoms with Gasteiger partial charge in [-0.2, -0.15) is 5.10 Å². The Bertz CT molecular complexity index is 531. The van der Waals surface area contributed by atoms with E-state index < -0.39 is 0 Å². The van der Waals surface area contributed by atoms with Crippen molar-refractivity contribution in [1.29, 1.82) is 0 Å². The molecule has 0 bridgehead atoms. The van der Waals surface area contributed by atoms with Crippen molar-refractivity contribution >= 4 is 0 Å². The Balaban J connectivity index is 2.02. The molecule has 2 aromatic rings. The normalized spacial score (nSPS) is 10.8. The number of aromatic nitrogens is 2. The van der Waals surface area contributed by atoms with Crippen molar-refractivity contribution in [2.24, 2.45) is 5.73 Å². The second kappa shape index (κ2) is 7.10. The summed E-state index contributed by atoms with van der Waals surface area (Å²) in [6, 6.07) is 8.08. The van der Waals surface area contributed by atoms with Crippen molar-refractivity contribution in [3.05, 3.63) is 35.5 Å². The maximum Gasteiger partial charge on any atom is 0.119 e. The molecule has 3 N–H and O–H groups in total. The van der Waals surface area contributed by atoms with Crippen LogP contribution in [0, 0.1) is 6.92 Å². The number of H-pyrrole nitrogens is 1. The number of nitrogens with one attached hydrogen (secondary N) is 1. The number of nitrogens with two attached hydrogens (primary N) is 1. The minimum atomic E-state index is 0.484. The van der Waals surface area contributed by atoms with Crippen molar-refractivity contribution in [2.45, 2.75) is 39.7 Å². The fourth-order valence-corrected chi connectivity index (χ4v) is 2.16. The summed E-state index contributed by atoms with van der Waals surface area (Å²) in [6.45, 7) is 5.50. The van der Waals surface area contributed by atoms with Crippen molar-refractivity contribution in [2.75, 3.05) is 6.61 Å². The lowest BCUT2D eigenvalue weighted by Gasteiger charge is -2.06. The number of nitrogens with zero attached hydrogens (tertiary/aromatic N) is 1. The average molecular weight is 273 g/mol. The van der Waals surface area contributed by atoms with Crippen LogP contribution in [0.5, 0.6) is 5.75 Å². The standard InChI is InChI=1S/C16H23N3O/c1-3-4-5-10-20-14-8-6-13(7-9-14)16-12(2)15(11-17)18-19-16/h6-9H,3-5,10-11,17H2,1-2H3,(H,18,19). The zero-order valence-electron chi connectivity index (χ0n) is 12.3. The van der Waals surface area contributed by atoms with Crippen LogP contribution in [0.3, 0.4) is 0 Å². The lowest BCUT2D eigenvalue weighted by Crippen LogP contribution is -1.98. The van der Waals surface area contributed by atoms with Gasteiger partial charge >= 0.3 is 0 Å². The summed E-state index contributed by atoms with van der Waals surface area (Å²) in [5.74, 6) is 0.914. The smallest absolute Gasteiger partial charge is 0.119 e. The third-order valence-corrected chi connectivity index (χ3v) is 3.46. The first-order chi connectivity index (χ1) is 9.76. The van der Waals surface area contributed by atoms with E-state index in [-0.39, 0.29) is 0 Å². The Morgan fingerprint density at radius 3 is 2.55 bits per heavy atom. The van der Waals surface area contributed by atoms with Gasteiger partial charge in [-0.3, -0.25) is 5.10 Å². The van der Waals surface area contributed by atoms with Gasteiger partial charge in [0.2, 0.25) is 0 Å². The summed E-state index contributed by atoms with van der Waals surface area (Å²) in [5.41, 5.74) is 9.80. The fraction of sp³-hybridized carbons (Fsp3) is 0.438. The van der Waals surface area contributed by atoms with Gasteiger partial charge in [-0.05, 0) is 43.2 Å². The van der Waals surface area contributed by atoms with E-state index in [4.69, 9.17) is 10.5 Å². The average Bonchev–Trinajstić information content (AvgIpc) is 2.85. The summed E-state index contributed by atoms with van der Waals surface area (Å²) in [6.07, 6.45) is 3.53. The van der Waals surface area contributed by atoms with Gasteiger partial charge < -0.3 is 10.5 Å². The van der Waals surface area contributed by atoms with Gasteiger partial charge in [-0.25, -0.2) is 0 Å². The topological polar surface area (TPSA) is 63.9 Å². The van der Waals surface area contributed by atoms with Crippen LogP contribution >= 0.6 is 0 Å². The van der Waals surface area contributed by atoms with E-state index in [2.05, 4.69) is 17.1 Å². The third-order valence-electron chi connectivity index (χ3n) is 3.46. The number of unbranched alkanes of at least 4 members (excludes halogenated alkanes) is 2. The molecular weight excluding hydrogens is 250 g/mol. The van der Waals surface area contributed by atoms with E-state index >= 15 is 0 Å². The predicted octanol–water partition coefficient (Wildman–Crippen LogP) is 3.41. The van der Waals surface area contributed by atoms with E-state index in [1.807, 2.05) is 31.2 Å². The first kappa shape index (κ1) is 14.6. The van der Waals surface area contributed by atoms with Gasteiger partial charge in [0.15, 0.2) is 0 Å². The molecule has 4 heteroatoms. The molecule has 0 atom stereocenters. The molecule has 0 aliphatic heterocycles. The molecule has 0 radical (unpaired) electrons. The number of ether oxygens (including phenoxy) is 1. The van der Waals surface area contributed by atoms with E-state index in [9.17, 15) is 0 Å². The minimum absolute atomic E-state index is 0.484. The van der Waals surface area contributed by atoms with Crippen LogP contribution in [0.25, 0.3) is 11.3 Å². The summed E-state index contributed by atoms with van der Waals surface area (Å²) in [7, 11) is 0. The summed E-state index contributed by atoms with van der Waals surface area (Å²) >= 11 is 0. The van der Waals surface area contributed by atoms with E-state index in [0.29, 0.717) is 6.54 Å². The van der Waals surface area contributed by atoms with Crippen LogP contribution < -0.4 is 10.5 Å². The third kappa shape index (κ3) is 3.39. The maximum atomic E-state index is 5.71. The Morgan fingerprint density at radius 1 is 1.20 bits per heavy atom. The second-order valence-corrected chi connectivity index (χ2v) is 4.96. The monoisotopic (exact) mass is 273 g/mol. The summed E-state index contributed by atoms with van der Waals surface area (Å²) in [5, 5.41) is 7.31. The molecule has 1 aromatic carbocycles. The second-order valence-electron chi connectivity index (χ2n) is 4.96. The van der Waals surface area contributed by atoms with E-state index in [0.717, 1.165) is 41.3 Å². The van der Waals surface area contributed by atoms with Crippen molar-refractivity contribution < 1.29 is 4.74 Å². The zero-order valence-corrected chi connectivity index (χ0v) is 12.3. The number of hydrogen-bond acceptors (Lipinski definition) is 3. The minimum Gasteiger partial charge on any atom is -0.494 e. The molecule has 0 saturated heterocycles. The first-order valence-electron chi connectivity index (χ1n) is 7.23. The Labute approximate surface area is 120 Å². The number of hydrogen-bond donors (Lipinski definition) is 2. The molecule has 20 heavy (non-hydrogen) atoms. The van der Waals surface area contributed by atoms with Crippen LogP contribution in [-0.2, 0) is 6.54 Å². The Kier molecular flexibility index (Phi) is 5.18. The maximum absolute atomic E-state index is 5.71. The fourth-order valence-electron chi connectivity index (χ4n) is 2.16. The van der Waals surface area contributed by atoms with Crippen LogP contribution in [0.2, 0.25) is 0 Å². The molecule has 0 aliphatic rings. The molecule has 1 heterocycles. The number of rotatable bonds is 7. The van der Waals surface area contributed by atoms with Gasteiger partial charge in [0, 0.05) is 12.1 Å². The van der Waals surface area contributed by atoms with Crippen LogP contribution in [0.15, 0.2) is 24.3 Å². The molecule has 4 nitrogen and oxygen atoms in total. The Morgan fingerprint density at radius 2 is 1.95 bits per heavy atom. The molecule has 0 spiro atoms. The van der Waals surface area contributed by atoms with Gasteiger partial charge in [0.1, 0.15) is 5.75 Å². The van der Waals surface area contributed by atoms with Gasteiger partial charge in [-0.1, -0.05) is 19.8 Å². The highest BCUT2D eigenvalue weighted by Crippen LogP contribution is 2.25. The number of aromatic amines is 1. The molecule has 0 amide bonds. The molecule has 0 unspecified atom stereocenters. The van der Waals surface area contributed by atoms with Crippen molar-refractivity contribution in [3.8, 4) is 17.0 Å². The highest BCUT2D eigenvalue weighted by molar-refractivity contribution is 5.64. The summed E-state index contributed by atoms with van der Waals surface area (Å²) < 4.78 is 5.71. The Hall–Kier alpha value is -1.81.